The number of nitro groups is 1. The number of benzene rings is 1. The molecule has 0 aliphatic carbocycles. The predicted octanol–water partition coefficient (Wildman–Crippen LogP) is 1.20. The largest absolute Gasteiger partial charge is 0.453 e. The van der Waals surface area contributed by atoms with E-state index < -0.39 is 22.9 Å². The van der Waals surface area contributed by atoms with Crippen LogP contribution in [0.5, 0.6) is 0 Å². The molecule has 8 heteroatoms. The molecular formula is C13H17N3O5. The van der Waals surface area contributed by atoms with E-state index in [2.05, 4.69) is 5.32 Å². The van der Waals surface area contributed by atoms with Gasteiger partial charge in [-0.05, 0) is 19.4 Å². The minimum atomic E-state index is -0.958. The summed E-state index contributed by atoms with van der Waals surface area (Å²) in [5.74, 6) is -1.24. The number of nitro benzene ring substituents is 1. The van der Waals surface area contributed by atoms with Crippen LogP contribution in [0.4, 0.5) is 11.4 Å². The third kappa shape index (κ3) is 5.47. The molecule has 1 aromatic rings. The maximum atomic E-state index is 11.4. The fourth-order valence-corrected chi connectivity index (χ4v) is 1.55. The minimum Gasteiger partial charge on any atom is -0.453 e. The van der Waals surface area contributed by atoms with Gasteiger partial charge >= 0.3 is 5.97 Å². The van der Waals surface area contributed by atoms with Crippen LogP contribution in [0.1, 0.15) is 19.8 Å². The highest BCUT2D eigenvalue weighted by molar-refractivity contribution is 5.81. The third-order valence-electron chi connectivity index (χ3n) is 2.68. The van der Waals surface area contributed by atoms with E-state index in [9.17, 15) is 19.7 Å². The Hall–Kier alpha value is -2.64. The molecule has 0 unspecified atom stereocenters. The maximum Gasteiger partial charge on any atom is 0.306 e. The molecule has 0 spiro atoms. The first-order valence-corrected chi connectivity index (χ1v) is 6.38. The highest BCUT2D eigenvalue weighted by atomic mass is 16.6. The van der Waals surface area contributed by atoms with Crippen molar-refractivity contribution in [1.29, 1.82) is 0 Å². The Morgan fingerprint density at radius 3 is 2.71 bits per heavy atom. The molecule has 8 nitrogen and oxygen atoms in total. The number of hydrogen-bond acceptors (Lipinski definition) is 6. The van der Waals surface area contributed by atoms with E-state index in [1.807, 2.05) is 0 Å². The first-order chi connectivity index (χ1) is 9.91. The molecule has 1 aromatic carbocycles. The molecule has 0 fully saturated rings. The number of amides is 1. The lowest BCUT2D eigenvalue weighted by Crippen LogP contribution is -2.30. The fourth-order valence-electron chi connectivity index (χ4n) is 1.55. The number of esters is 1. The zero-order valence-electron chi connectivity index (χ0n) is 11.6. The van der Waals surface area contributed by atoms with Crippen LogP contribution in [-0.2, 0) is 14.3 Å². The first kappa shape index (κ1) is 16.4. The van der Waals surface area contributed by atoms with E-state index >= 15 is 0 Å². The number of anilines is 1. The van der Waals surface area contributed by atoms with Crippen LogP contribution in [0.2, 0.25) is 0 Å². The third-order valence-corrected chi connectivity index (χ3v) is 2.68. The molecule has 1 atom stereocenters. The van der Waals surface area contributed by atoms with Crippen molar-refractivity contribution in [2.75, 3.05) is 11.9 Å². The molecule has 0 saturated heterocycles. The Labute approximate surface area is 121 Å². The minimum absolute atomic E-state index is 0.0255. The number of para-hydroxylation sites is 2. The second-order valence-corrected chi connectivity index (χ2v) is 4.34. The molecule has 3 N–H and O–H groups in total. The van der Waals surface area contributed by atoms with Crippen LogP contribution in [-0.4, -0.2) is 29.4 Å². The maximum absolute atomic E-state index is 11.4. The number of carbonyl (C=O) groups excluding carboxylic acids is 2. The van der Waals surface area contributed by atoms with E-state index in [1.165, 1.54) is 13.0 Å². The normalized spacial score (nSPS) is 11.5. The van der Waals surface area contributed by atoms with E-state index in [1.54, 1.807) is 18.2 Å². The van der Waals surface area contributed by atoms with Crippen molar-refractivity contribution >= 4 is 23.3 Å². The quantitative estimate of drug-likeness (QED) is 0.321. The SMILES string of the molecule is C[C@H](OC(=O)CCCNc1ccccc1[N+](=O)[O-])C(N)=O. The number of rotatable bonds is 8. The molecule has 1 rings (SSSR count). The van der Waals surface area contributed by atoms with E-state index in [4.69, 9.17) is 10.5 Å². The molecule has 21 heavy (non-hydrogen) atoms. The van der Waals surface area contributed by atoms with Crippen molar-refractivity contribution in [2.24, 2.45) is 5.73 Å². The summed E-state index contributed by atoms with van der Waals surface area (Å²) in [4.78, 5) is 32.4. The van der Waals surface area contributed by atoms with E-state index in [-0.39, 0.29) is 12.1 Å². The van der Waals surface area contributed by atoms with Gasteiger partial charge < -0.3 is 15.8 Å². The molecule has 0 aliphatic rings. The van der Waals surface area contributed by atoms with Crippen molar-refractivity contribution in [3.8, 4) is 0 Å². The zero-order valence-corrected chi connectivity index (χ0v) is 11.6. The number of ether oxygens (including phenoxy) is 1. The van der Waals surface area contributed by atoms with Gasteiger partial charge in [0.15, 0.2) is 6.10 Å². The second-order valence-electron chi connectivity index (χ2n) is 4.34. The van der Waals surface area contributed by atoms with Gasteiger partial charge in [-0.25, -0.2) is 0 Å². The molecule has 0 heterocycles. The van der Waals surface area contributed by atoms with Crippen molar-refractivity contribution < 1.29 is 19.2 Å². The summed E-state index contributed by atoms with van der Waals surface area (Å²) in [6.07, 6.45) is -0.456. The van der Waals surface area contributed by atoms with Crippen LogP contribution in [0, 0.1) is 10.1 Å². The summed E-state index contributed by atoms with van der Waals surface area (Å²) in [5, 5.41) is 13.7. The standard InChI is InChI=1S/C13H17N3O5/c1-9(13(14)18)21-12(17)7-4-8-15-10-5-2-3-6-11(10)16(19)20/h2-3,5-6,9,15H,4,7-8H2,1H3,(H2,14,18)/t9-/m0/s1. The molecule has 0 saturated carbocycles. The van der Waals surface area contributed by atoms with Gasteiger partial charge in [-0.1, -0.05) is 12.1 Å². The summed E-state index contributed by atoms with van der Waals surface area (Å²) in [6.45, 7) is 1.76. The number of primary amides is 1. The predicted molar refractivity (Wildman–Crippen MR) is 75.6 cm³/mol. The lowest BCUT2D eigenvalue weighted by atomic mass is 10.2. The molecular weight excluding hydrogens is 278 g/mol. The summed E-state index contributed by atoms with van der Waals surface area (Å²) in [7, 11) is 0. The van der Waals surface area contributed by atoms with Gasteiger partial charge in [0.05, 0.1) is 4.92 Å². The van der Waals surface area contributed by atoms with Gasteiger partial charge in [-0.15, -0.1) is 0 Å². The van der Waals surface area contributed by atoms with Crippen LogP contribution >= 0.6 is 0 Å². The Kier molecular flexibility index (Phi) is 6.12. The molecule has 1 amide bonds. The van der Waals surface area contributed by atoms with E-state index in [0.717, 1.165) is 0 Å². The number of carbonyl (C=O) groups is 2. The Morgan fingerprint density at radius 1 is 1.43 bits per heavy atom. The summed E-state index contributed by atoms with van der Waals surface area (Å²) in [6, 6.07) is 6.24. The van der Waals surface area contributed by atoms with Gasteiger partial charge in [-0.3, -0.25) is 19.7 Å². The van der Waals surface area contributed by atoms with Crippen molar-refractivity contribution in [2.45, 2.75) is 25.9 Å². The zero-order chi connectivity index (χ0) is 15.8. The van der Waals surface area contributed by atoms with Crippen LogP contribution < -0.4 is 11.1 Å². The van der Waals surface area contributed by atoms with Crippen LogP contribution in [0.15, 0.2) is 24.3 Å². The lowest BCUT2D eigenvalue weighted by molar-refractivity contribution is -0.384. The highest BCUT2D eigenvalue weighted by Crippen LogP contribution is 2.22. The number of hydrogen-bond donors (Lipinski definition) is 2. The Bertz CT molecular complexity index is 532. The monoisotopic (exact) mass is 295 g/mol. The average Bonchev–Trinajstić information content (AvgIpc) is 2.43. The fraction of sp³-hybridized carbons (Fsp3) is 0.385. The molecule has 114 valence electrons. The molecule has 0 aliphatic heterocycles. The molecule has 0 aromatic heterocycles. The van der Waals surface area contributed by atoms with E-state index in [0.29, 0.717) is 18.7 Å². The van der Waals surface area contributed by atoms with Gasteiger partial charge in [-0.2, -0.15) is 0 Å². The Balaban J connectivity index is 2.36. The second kappa shape index (κ2) is 7.83. The van der Waals surface area contributed by atoms with Crippen LogP contribution in [0.3, 0.4) is 0 Å². The van der Waals surface area contributed by atoms with Gasteiger partial charge in [0.1, 0.15) is 5.69 Å². The summed E-state index contributed by atoms with van der Waals surface area (Å²) >= 11 is 0. The molecule has 0 radical (unpaired) electrons. The van der Waals surface area contributed by atoms with Crippen molar-refractivity contribution in [3.05, 3.63) is 34.4 Å². The lowest BCUT2D eigenvalue weighted by Gasteiger charge is -2.10. The number of nitrogens with two attached hydrogens (primary N) is 1. The summed E-state index contributed by atoms with van der Waals surface area (Å²) < 4.78 is 4.78. The average molecular weight is 295 g/mol. The van der Waals surface area contributed by atoms with Gasteiger partial charge in [0, 0.05) is 19.0 Å². The first-order valence-electron chi connectivity index (χ1n) is 6.38. The highest BCUT2D eigenvalue weighted by Gasteiger charge is 2.14. The smallest absolute Gasteiger partial charge is 0.306 e. The topological polar surface area (TPSA) is 125 Å². The van der Waals surface area contributed by atoms with Crippen molar-refractivity contribution in [1.82, 2.24) is 0 Å². The molecule has 0 bridgehead atoms. The van der Waals surface area contributed by atoms with Gasteiger partial charge in [0.25, 0.3) is 11.6 Å². The number of nitrogens with zero attached hydrogens (tertiary/aromatic N) is 1. The van der Waals surface area contributed by atoms with Gasteiger partial charge in [0.2, 0.25) is 0 Å². The Morgan fingerprint density at radius 2 is 2.10 bits per heavy atom. The summed E-state index contributed by atoms with van der Waals surface area (Å²) in [5.41, 5.74) is 5.33. The number of nitrogens with one attached hydrogen (secondary N) is 1. The van der Waals surface area contributed by atoms with Crippen molar-refractivity contribution in [3.63, 3.8) is 0 Å². The van der Waals surface area contributed by atoms with Crippen LogP contribution in [0.25, 0.3) is 0 Å².